The lowest BCUT2D eigenvalue weighted by atomic mass is 10.2. The van der Waals surface area contributed by atoms with Crippen molar-refractivity contribution in [3.8, 4) is 0 Å². The van der Waals surface area contributed by atoms with Crippen LogP contribution < -0.4 is 0 Å². The van der Waals surface area contributed by atoms with Gasteiger partial charge in [0, 0.05) is 14.0 Å². The monoisotopic (exact) mass is 193 g/mol. The van der Waals surface area contributed by atoms with Crippen LogP contribution in [-0.4, -0.2) is 29.8 Å². The molecule has 4 heteroatoms. The molecule has 0 saturated heterocycles. The Kier molecular flexibility index (Phi) is 4.69. The van der Waals surface area contributed by atoms with Crippen molar-refractivity contribution >= 4 is 15.1 Å². The first-order valence-corrected chi connectivity index (χ1v) is 4.66. The Hall–Kier alpha value is -0.170. The van der Waals surface area contributed by atoms with E-state index in [2.05, 4.69) is 9.24 Å². The summed E-state index contributed by atoms with van der Waals surface area (Å²) in [6.07, 6.45) is 1.25. The Morgan fingerprint density at radius 2 is 2.17 bits per heavy atom. The fourth-order valence-corrected chi connectivity index (χ4v) is 1.56. The number of carbonyl (C=O) groups excluding carboxylic acids is 1. The van der Waals surface area contributed by atoms with Gasteiger partial charge in [0.15, 0.2) is 0 Å². The van der Waals surface area contributed by atoms with Gasteiger partial charge in [0.2, 0.25) is 5.91 Å². The van der Waals surface area contributed by atoms with Gasteiger partial charge in [-0.3, -0.25) is 4.79 Å². The smallest absolute Gasteiger partial charge is 0.219 e. The molecule has 0 rings (SSSR count). The van der Waals surface area contributed by atoms with Gasteiger partial charge in [0.1, 0.15) is 5.41 Å². The van der Waals surface area contributed by atoms with Crippen LogP contribution in [0.4, 0.5) is 4.39 Å². The fourth-order valence-electron chi connectivity index (χ4n) is 1.00. The predicted octanol–water partition coefficient (Wildman–Crippen LogP) is 1.81. The molecule has 0 aromatic heterocycles. The van der Waals surface area contributed by atoms with E-state index in [0.29, 0.717) is 6.42 Å². The second-order valence-electron chi connectivity index (χ2n) is 3.16. The molecule has 12 heavy (non-hydrogen) atoms. The van der Waals surface area contributed by atoms with Crippen LogP contribution >= 0.6 is 9.24 Å². The molecule has 2 nitrogen and oxygen atoms in total. The van der Waals surface area contributed by atoms with Crippen molar-refractivity contribution in [2.75, 3.05) is 13.6 Å². The molecule has 0 heterocycles. The van der Waals surface area contributed by atoms with Crippen molar-refractivity contribution < 1.29 is 9.18 Å². The Balaban J connectivity index is 3.95. The first-order valence-electron chi connectivity index (χ1n) is 4.08. The van der Waals surface area contributed by atoms with E-state index in [0.717, 1.165) is 6.42 Å². The molecule has 2 unspecified atom stereocenters. The Bertz CT molecular complexity index is 161. The number of hydrogen-bond acceptors (Lipinski definition) is 1. The van der Waals surface area contributed by atoms with Gasteiger partial charge in [0.05, 0.1) is 6.54 Å². The van der Waals surface area contributed by atoms with Gasteiger partial charge in [-0.25, -0.2) is 4.39 Å². The standard InChI is InChI=1S/C8H17FNOP/c1-4-5-8(9,12)6-10(3)7(2)11/h4-6,12H2,1-3H3. The number of amides is 1. The Morgan fingerprint density at radius 1 is 1.67 bits per heavy atom. The van der Waals surface area contributed by atoms with Gasteiger partial charge >= 0.3 is 0 Å². The minimum absolute atomic E-state index is 0.101. The summed E-state index contributed by atoms with van der Waals surface area (Å²) in [4.78, 5) is 12.2. The second kappa shape index (κ2) is 4.76. The molecule has 0 aromatic carbocycles. The van der Waals surface area contributed by atoms with Crippen LogP contribution in [0, 0.1) is 0 Å². The van der Waals surface area contributed by atoms with Crippen molar-refractivity contribution in [3.05, 3.63) is 0 Å². The average Bonchev–Trinajstić information content (AvgIpc) is 1.85. The molecule has 0 aliphatic carbocycles. The molecule has 2 atom stereocenters. The van der Waals surface area contributed by atoms with Crippen molar-refractivity contribution in [2.24, 2.45) is 0 Å². The lowest BCUT2D eigenvalue weighted by Gasteiger charge is -2.25. The lowest BCUT2D eigenvalue weighted by Crippen LogP contribution is -2.35. The van der Waals surface area contributed by atoms with E-state index in [1.165, 1.54) is 11.8 Å². The van der Waals surface area contributed by atoms with E-state index in [9.17, 15) is 9.18 Å². The fraction of sp³-hybridized carbons (Fsp3) is 0.875. The summed E-state index contributed by atoms with van der Waals surface area (Å²) in [6.45, 7) is 3.51. The summed E-state index contributed by atoms with van der Waals surface area (Å²) in [7, 11) is 3.77. The largest absolute Gasteiger partial charge is 0.342 e. The van der Waals surface area contributed by atoms with Crippen molar-refractivity contribution in [3.63, 3.8) is 0 Å². The van der Waals surface area contributed by atoms with Gasteiger partial charge in [-0.05, 0) is 6.42 Å². The van der Waals surface area contributed by atoms with Crippen molar-refractivity contribution in [2.45, 2.75) is 32.1 Å². The normalized spacial score (nSPS) is 15.4. The van der Waals surface area contributed by atoms with Gasteiger partial charge in [-0.15, -0.1) is 0 Å². The van der Waals surface area contributed by atoms with Crippen LogP contribution in [0.3, 0.4) is 0 Å². The lowest BCUT2D eigenvalue weighted by molar-refractivity contribution is -0.128. The summed E-state index contributed by atoms with van der Waals surface area (Å²) in [5.74, 6) is -0.101. The quantitative estimate of drug-likeness (QED) is 0.623. The van der Waals surface area contributed by atoms with Gasteiger partial charge in [0.25, 0.3) is 0 Å². The first kappa shape index (κ1) is 11.8. The first-order chi connectivity index (χ1) is 5.39. The summed E-state index contributed by atoms with van der Waals surface area (Å²) >= 11 is 0. The molecule has 0 fully saturated rings. The highest BCUT2D eigenvalue weighted by Gasteiger charge is 2.24. The Labute approximate surface area is 75.7 Å². The maximum absolute atomic E-state index is 13.5. The third kappa shape index (κ3) is 4.66. The number of hydrogen-bond donors (Lipinski definition) is 0. The molecular formula is C8H17FNOP. The van der Waals surface area contributed by atoms with Crippen LogP contribution in [0.15, 0.2) is 0 Å². The maximum atomic E-state index is 13.5. The Morgan fingerprint density at radius 3 is 2.50 bits per heavy atom. The molecule has 0 aliphatic rings. The average molecular weight is 193 g/mol. The number of alkyl halides is 1. The van der Waals surface area contributed by atoms with Crippen LogP contribution in [0.2, 0.25) is 0 Å². The third-order valence-electron chi connectivity index (χ3n) is 1.70. The molecule has 0 N–H and O–H groups in total. The third-order valence-corrected chi connectivity index (χ3v) is 2.17. The predicted molar refractivity (Wildman–Crippen MR) is 51.8 cm³/mol. The highest BCUT2D eigenvalue weighted by Crippen LogP contribution is 2.26. The molecule has 0 aliphatic heterocycles. The van der Waals surface area contributed by atoms with Gasteiger partial charge in [-0.1, -0.05) is 22.6 Å². The molecule has 1 amide bonds. The van der Waals surface area contributed by atoms with Crippen LogP contribution in [0.25, 0.3) is 0 Å². The maximum Gasteiger partial charge on any atom is 0.219 e. The van der Waals surface area contributed by atoms with Crippen LogP contribution in [-0.2, 0) is 4.79 Å². The minimum Gasteiger partial charge on any atom is -0.342 e. The van der Waals surface area contributed by atoms with Crippen LogP contribution in [0.5, 0.6) is 0 Å². The minimum atomic E-state index is -1.32. The molecule has 0 spiro atoms. The highest BCUT2D eigenvalue weighted by molar-refractivity contribution is 7.18. The zero-order chi connectivity index (χ0) is 9.78. The van der Waals surface area contributed by atoms with E-state index >= 15 is 0 Å². The van der Waals surface area contributed by atoms with Crippen molar-refractivity contribution in [1.82, 2.24) is 4.90 Å². The highest BCUT2D eigenvalue weighted by atomic mass is 31.0. The van der Waals surface area contributed by atoms with Crippen LogP contribution in [0.1, 0.15) is 26.7 Å². The number of nitrogens with zero attached hydrogens (tertiary/aromatic N) is 1. The topological polar surface area (TPSA) is 20.3 Å². The SMILES string of the molecule is CCCC(F)(P)CN(C)C(C)=O. The molecule has 72 valence electrons. The van der Waals surface area contributed by atoms with E-state index < -0.39 is 5.41 Å². The zero-order valence-corrected chi connectivity index (χ0v) is 9.09. The van der Waals surface area contributed by atoms with E-state index in [1.54, 1.807) is 7.05 Å². The molecule has 0 aromatic rings. The molecule has 0 bridgehead atoms. The summed E-state index contributed by atoms with van der Waals surface area (Å²) < 4.78 is 13.5. The number of rotatable bonds is 4. The number of halogens is 1. The summed E-state index contributed by atoms with van der Waals surface area (Å²) in [5, 5.41) is -1.32. The summed E-state index contributed by atoms with van der Waals surface area (Å²) in [5.41, 5.74) is 0. The van der Waals surface area contributed by atoms with Gasteiger partial charge in [-0.2, -0.15) is 0 Å². The zero-order valence-electron chi connectivity index (χ0n) is 7.93. The second-order valence-corrected chi connectivity index (χ2v) is 4.19. The van der Waals surface area contributed by atoms with Crippen molar-refractivity contribution in [1.29, 1.82) is 0 Å². The molecular weight excluding hydrogens is 176 g/mol. The van der Waals surface area contributed by atoms with E-state index in [-0.39, 0.29) is 12.5 Å². The number of carbonyl (C=O) groups is 1. The van der Waals surface area contributed by atoms with E-state index in [1.807, 2.05) is 6.92 Å². The molecule has 0 radical (unpaired) electrons. The molecule has 0 saturated carbocycles. The van der Waals surface area contributed by atoms with Gasteiger partial charge < -0.3 is 4.90 Å². The summed E-state index contributed by atoms with van der Waals surface area (Å²) in [6, 6.07) is 0. The van der Waals surface area contributed by atoms with E-state index in [4.69, 9.17) is 0 Å².